The van der Waals surface area contributed by atoms with E-state index >= 15 is 0 Å². The maximum absolute atomic E-state index is 12.0. The zero-order chi connectivity index (χ0) is 19.9. The standard InChI is InChI=1S/C25H26O3/c1-18(2)16-22-17-21(25(26)27-3)14-15-23(22)28-24(19-10-6-4-7-11-19)20-12-8-5-9-13-20/h4-15,17-18,24H,16H2,1-3H3. The van der Waals surface area contributed by atoms with Crippen LogP contribution in [-0.2, 0) is 11.2 Å². The first kappa shape index (κ1) is 19.7. The van der Waals surface area contributed by atoms with E-state index in [0.717, 1.165) is 28.9 Å². The third-order valence-corrected chi connectivity index (χ3v) is 4.56. The zero-order valence-electron chi connectivity index (χ0n) is 16.6. The van der Waals surface area contributed by atoms with Crippen LogP contribution in [-0.4, -0.2) is 13.1 Å². The van der Waals surface area contributed by atoms with Gasteiger partial charge in [0.2, 0.25) is 0 Å². The van der Waals surface area contributed by atoms with Gasteiger partial charge in [0.1, 0.15) is 11.9 Å². The lowest BCUT2D eigenvalue weighted by molar-refractivity contribution is 0.0600. The quantitative estimate of drug-likeness (QED) is 0.487. The minimum Gasteiger partial charge on any atom is -0.481 e. The molecule has 0 aliphatic carbocycles. The largest absolute Gasteiger partial charge is 0.481 e. The van der Waals surface area contributed by atoms with Crippen molar-refractivity contribution in [3.05, 3.63) is 101 Å². The lowest BCUT2D eigenvalue weighted by atomic mass is 9.98. The summed E-state index contributed by atoms with van der Waals surface area (Å²) in [6.07, 6.45) is 0.591. The lowest BCUT2D eigenvalue weighted by Gasteiger charge is -2.23. The number of carbonyl (C=O) groups is 1. The molecule has 0 unspecified atom stereocenters. The van der Waals surface area contributed by atoms with Crippen LogP contribution in [0, 0.1) is 5.92 Å². The third-order valence-electron chi connectivity index (χ3n) is 4.56. The minimum absolute atomic E-state index is 0.225. The van der Waals surface area contributed by atoms with Gasteiger partial charge < -0.3 is 9.47 Å². The Labute approximate surface area is 166 Å². The number of esters is 1. The summed E-state index contributed by atoms with van der Waals surface area (Å²) in [5.74, 6) is 0.889. The summed E-state index contributed by atoms with van der Waals surface area (Å²) in [6, 6.07) is 25.9. The molecular weight excluding hydrogens is 348 g/mol. The van der Waals surface area contributed by atoms with E-state index in [4.69, 9.17) is 9.47 Å². The topological polar surface area (TPSA) is 35.5 Å². The Morgan fingerprint density at radius 2 is 1.43 bits per heavy atom. The van der Waals surface area contributed by atoms with Crippen molar-refractivity contribution >= 4 is 5.97 Å². The number of rotatable bonds is 7. The molecule has 0 fully saturated rings. The van der Waals surface area contributed by atoms with Gasteiger partial charge in [-0.05, 0) is 47.2 Å². The number of benzene rings is 3. The molecule has 0 spiro atoms. The first-order chi connectivity index (χ1) is 13.6. The molecule has 144 valence electrons. The van der Waals surface area contributed by atoms with Crippen molar-refractivity contribution in [2.45, 2.75) is 26.4 Å². The molecule has 3 aromatic rings. The summed E-state index contributed by atoms with van der Waals surface area (Å²) >= 11 is 0. The molecule has 0 aliphatic rings. The van der Waals surface area contributed by atoms with Crippen LogP contribution >= 0.6 is 0 Å². The Balaban J connectivity index is 2.01. The van der Waals surface area contributed by atoms with Crippen LogP contribution in [0.2, 0.25) is 0 Å². The fraction of sp³-hybridized carbons (Fsp3) is 0.240. The van der Waals surface area contributed by atoms with Gasteiger partial charge in [-0.1, -0.05) is 74.5 Å². The Bertz CT molecular complexity index is 862. The van der Waals surface area contributed by atoms with Gasteiger partial charge >= 0.3 is 5.97 Å². The molecule has 28 heavy (non-hydrogen) atoms. The van der Waals surface area contributed by atoms with Crippen molar-refractivity contribution < 1.29 is 14.3 Å². The van der Waals surface area contributed by atoms with Crippen LogP contribution in [0.25, 0.3) is 0 Å². The van der Waals surface area contributed by atoms with E-state index < -0.39 is 0 Å². The van der Waals surface area contributed by atoms with Crippen molar-refractivity contribution in [2.24, 2.45) is 5.92 Å². The summed E-state index contributed by atoms with van der Waals surface area (Å²) in [7, 11) is 1.40. The monoisotopic (exact) mass is 374 g/mol. The van der Waals surface area contributed by atoms with Gasteiger partial charge in [0.15, 0.2) is 0 Å². The van der Waals surface area contributed by atoms with E-state index in [-0.39, 0.29) is 12.1 Å². The van der Waals surface area contributed by atoms with Crippen molar-refractivity contribution in [1.82, 2.24) is 0 Å². The molecule has 0 bridgehead atoms. The first-order valence-corrected chi connectivity index (χ1v) is 9.56. The first-order valence-electron chi connectivity index (χ1n) is 9.56. The summed E-state index contributed by atoms with van der Waals surface area (Å²) < 4.78 is 11.4. The van der Waals surface area contributed by atoms with Gasteiger partial charge in [-0.25, -0.2) is 4.79 Å². The van der Waals surface area contributed by atoms with E-state index in [1.54, 1.807) is 6.07 Å². The molecule has 0 aliphatic heterocycles. The Hall–Kier alpha value is -3.07. The van der Waals surface area contributed by atoms with Crippen LogP contribution in [0.1, 0.15) is 47.0 Å². The van der Waals surface area contributed by atoms with Crippen LogP contribution in [0.15, 0.2) is 78.9 Å². The van der Waals surface area contributed by atoms with Gasteiger partial charge in [0.25, 0.3) is 0 Å². The molecule has 0 heterocycles. The Kier molecular flexibility index (Phi) is 6.49. The predicted octanol–water partition coefficient (Wildman–Crippen LogP) is 5.84. The molecule has 0 radical (unpaired) electrons. The normalized spacial score (nSPS) is 10.9. The Morgan fingerprint density at radius 3 is 1.93 bits per heavy atom. The van der Waals surface area contributed by atoms with Gasteiger partial charge in [0, 0.05) is 0 Å². The van der Waals surface area contributed by atoms with E-state index in [1.807, 2.05) is 48.5 Å². The second kappa shape index (κ2) is 9.23. The smallest absolute Gasteiger partial charge is 0.337 e. The number of ether oxygens (including phenoxy) is 2. The SMILES string of the molecule is COC(=O)c1ccc(OC(c2ccccc2)c2ccccc2)c(CC(C)C)c1. The molecule has 0 amide bonds. The molecule has 3 nitrogen and oxygen atoms in total. The summed E-state index contributed by atoms with van der Waals surface area (Å²) in [5, 5.41) is 0. The van der Waals surface area contributed by atoms with E-state index in [2.05, 4.69) is 38.1 Å². The maximum atomic E-state index is 12.0. The number of methoxy groups -OCH3 is 1. The molecule has 0 saturated heterocycles. The molecule has 0 saturated carbocycles. The average Bonchev–Trinajstić information content (AvgIpc) is 2.73. The van der Waals surface area contributed by atoms with Crippen LogP contribution in [0.5, 0.6) is 5.75 Å². The van der Waals surface area contributed by atoms with Crippen molar-refractivity contribution in [3.63, 3.8) is 0 Å². The molecule has 0 atom stereocenters. The average molecular weight is 374 g/mol. The molecule has 3 aromatic carbocycles. The highest BCUT2D eigenvalue weighted by Crippen LogP contribution is 2.32. The lowest BCUT2D eigenvalue weighted by Crippen LogP contribution is -2.12. The predicted molar refractivity (Wildman–Crippen MR) is 112 cm³/mol. The van der Waals surface area contributed by atoms with Crippen molar-refractivity contribution in [1.29, 1.82) is 0 Å². The van der Waals surface area contributed by atoms with Crippen molar-refractivity contribution in [2.75, 3.05) is 7.11 Å². The molecule has 3 heteroatoms. The highest BCUT2D eigenvalue weighted by Gasteiger charge is 2.19. The van der Waals surface area contributed by atoms with E-state index in [0.29, 0.717) is 11.5 Å². The van der Waals surface area contributed by atoms with Gasteiger partial charge in [0.05, 0.1) is 12.7 Å². The molecule has 3 rings (SSSR count). The second-order valence-electron chi connectivity index (χ2n) is 7.23. The van der Waals surface area contributed by atoms with Gasteiger partial charge in [-0.15, -0.1) is 0 Å². The summed E-state index contributed by atoms with van der Waals surface area (Å²) in [5.41, 5.74) is 3.72. The van der Waals surface area contributed by atoms with E-state index in [9.17, 15) is 4.79 Å². The maximum Gasteiger partial charge on any atom is 0.337 e. The van der Waals surface area contributed by atoms with Crippen molar-refractivity contribution in [3.8, 4) is 5.75 Å². The van der Waals surface area contributed by atoms with Crippen LogP contribution in [0.4, 0.5) is 0 Å². The third kappa shape index (κ3) is 4.80. The second-order valence-corrected chi connectivity index (χ2v) is 7.23. The molecule has 0 N–H and O–H groups in total. The fourth-order valence-electron chi connectivity index (χ4n) is 3.25. The zero-order valence-corrected chi connectivity index (χ0v) is 16.6. The highest BCUT2D eigenvalue weighted by molar-refractivity contribution is 5.89. The Morgan fingerprint density at radius 1 is 0.857 bits per heavy atom. The fourth-order valence-corrected chi connectivity index (χ4v) is 3.25. The molecule has 0 aromatic heterocycles. The van der Waals surface area contributed by atoms with Crippen LogP contribution in [0.3, 0.4) is 0 Å². The number of hydrogen-bond donors (Lipinski definition) is 0. The highest BCUT2D eigenvalue weighted by atomic mass is 16.5. The van der Waals surface area contributed by atoms with Gasteiger partial charge in [-0.2, -0.15) is 0 Å². The van der Waals surface area contributed by atoms with Gasteiger partial charge in [-0.3, -0.25) is 0 Å². The summed E-state index contributed by atoms with van der Waals surface area (Å²) in [6.45, 7) is 4.31. The van der Waals surface area contributed by atoms with Crippen LogP contribution < -0.4 is 4.74 Å². The number of carbonyl (C=O) groups excluding carboxylic acids is 1. The minimum atomic E-state index is -0.334. The van der Waals surface area contributed by atoms with E-state index in [1.165, 1.54) is 7.11 Å². The number of hydrogen-bond acceptors (Lipinski definition) is 3. The summed E-state index contributed by atoms with van der Waals surface area (Å²) in [4.78, 5) is 12.0. The molecular formula is C25H26O3.